The minimum atomic E-state index is 0. The summed E-state index contributed by atoms with van der Waals surface area (Å²) < 4.78 is 0. The second-order valence-corrected chi connectivity index (χ2v) is 1.58. The van der Waals surface area contributed by atoms with Crippen LogP contribution in [0.4, 0.5) is 0 Å². The summed E-state index contributed by atoms with van der Waals surface area (Å²) >= 11 is 0. The molecule has 0 aromatic heterocycles. The molecule has 1 heterocycles. The van der Waals surface area contributed by atoms with E-state index in [4.69, 9.17) is 0 Å². The first-order valence-electron chi connectivity index (χ1n) is 2.03. The van der Waals surface area contributed by atoms with Gasteiger partial charge >= 0.3 is 0 Å². The standard InChI is InChI=1S/C4H7NO.Ta/c1-3-2-4(6)5-3;/h3H,2H2,1H3,(H,5,6);/p-1. The van der Waals surface area contributed by atoms with Crippen molar-refractivity contribution in [1.29, 1.82) is 0 Å². The molecule has 0 aliphatic carbocycles. The number of carbonyl (C=O) groups is 1. The van der Waals surface area contributed by atoms with Gasteiger partial charge in [0.15, 0.2) is 0 Å². The fourth-order valence-corrected chi connectivity index (χ4v) is 0.484. The monoisotopic (exact) mass is 265 g/mol. The third kappa shape index (κ3) is 1.63. The molecule has 1 aliphatic heterocycles. The van der Waals surface area contributed by atoms with Crippen LogP contribution in [-0.2, 0) is 27.2 Å². The molecule has 0 N–H and O–H groups in total. The summed E-state index contributed by atoms with van der Waals surface area (Å²) in [6, 6.07) is 0.317. The molecule has 1 atom stereocenters. The molecular weight excluding hydrogens is 259 g/mol. The Balaban J connectivity index is 0.000000360. The number of amides is 1. The van der Waals surface area contributed by atoms with E-state index in [9.17, 15) is 4.79 Å². The van der Waals surface area contributed by atoms with Gasteiger partial charge in [0.25, 0.3) is 0 Å². The minimum absolute atomic E-state index is 0. The van der Waals surface area contributed by atoms with Gasteiger partial charge in [-0.15, -0.1) is 6.04 Å². The molecule has 3 heteroatoms. The van der Waals surface area contributed by atoms with E-state index in [0.29, 0.717) is 12.5 Å². The molecule has 0 saturated carbocycles. The van der Waals surface area contributed by atoms with Gasteiger partial charge < -0.3 is 10.1 Å². The number of carbonyl (C=O) groups excluding carboxylic acids is 1. The van der Waals surface area contributed by atoms with Crippen molar-refractivity contribution in [2.45, 2.75) is 19.4 Å². The molecule has 2 nitrogen and oxygen atoms in total. The maximum absolute atomic E-state index is 9.94. The predicted octanol–water partition coefficient (Wildman–Crippen LogP) is 0.676. The molecule has 39 valence electrons. The van der Waals surface area contributed by atoms with Crippen LogP contribution in [0.2, 0.25) is 0 Å². The molecule has 1 amide bonds. The van der Waals surface area contributed by atoms with Crippen molar-refractivity contribution in [2.75, 3.05) is 0 Å². The first kappa shape index (κ1) is 7.21. The third-order valence-electron chi connectivity index (χ3n) is 0.834. The summed E-state index contributed by atoms with van der Waals surface area (Å²) in [4.78, 5) is 9.94. The first-order chi connectivity index (χ1) is 2.79. The second-order valence-electron chi connectivity index (χ2n) is 1.58. The smallest absolute Gasteiger partial charge is 0.0501 e. The second kappa shape index (κ2) is 2.50. The SMILES string of the molecule is CC1CC(=O)[N-]1.[Ta]. The Morgan fingerprint density at radius 2 is 2.29 bits per heavy atom. The largest absolute Gasteiger partial charge is 0.651 e. The predicted molar refractivity (Wildman–Crippen MR) is 22.4 cm³/mol. The number of hydrogen-bond acceptors (Lipinski definition) is 1. The van der Waals surface area contributed by atoms with E-state index >= 15 is 0 Å². The Morgan fingerprint density at radius 3 is 2.29 bits per heavy atom. The van der Waals surface area contributed by atoms with Crippen LogP contribution in [0, 0.1) is 0 Å². The summed E-state index contributed by atoms with van der Waals surface area (Å²) in [5.74, 6) is 0.0579. The van der Waals surface area contributed by atoms with E-state index in [1.807, 2.05) is 6.92 Å². The number of nitrogens with zero attached hydrogens (tertiary/aromatic N) is 1. The van der Waals surface area contributed by atoms with Crippen LogP contribution in [0.5, 0.6) is 0 Å². The minimum Gasteiger partial charge on any atom is -0.651 e. The van der Waals surface area contributed by atoms with E-state index < -0.39 is 0 Å². The van der Waals surface area contributed by atoms with Crippen molar-refractivity contribution in [1.82, 2.24) is 0 Å². The van der Waals surface area contributed by atoms with E-state index in [1.165, 1.54) is 0 Å². The molecule has 1 unspecified atom stereocenters. The maximum atomic E-state index is 9.94. The molecule has 1 fully saturated rings. The van der Waals surface area contributed by atoms with E-state index in [-0.39, 0.29) is 28.3 Å². The zero-order valence-corrected chi connectivity index (χ0v) is 7.30. The molecule has 7 heavy (non-hydrogen) atoms. The zero-order valence-electron chi connectivity index (χ0n) is 4.09. The third-order valence-corrected chi connectivity index (χ3v) is 0.834. The van der Waals surface area contributed by atoms with Gasteiger partial charge in [0.05, 0.1) is 5.91 Å². The van der Waals surface area contributed by atoms with Crippen molar-refractivity contribution in [3.05, 3.63) is 5.32 Å². The van der Waals surface area contributed by atoms with Gasteiger partial charge in [-0.1, -0.05) is 6.92 Å². The Labute approximate surface area is 58.2 Å². The Morgan fingerprint density at radius 1 is 1.86 bits per heavy atom. The normalized spacial score (nSPS) is 27.0. The van der Waals surface area contributed by atoms with Gasteiger partial charge in [0.1, 0.15) is 0 Å². The quantitative estimate of drug-likeness (QED) is 0.592. The Kier molecular flexibility index (Phi) is 2.58. The number of hydrogen-bond donors (Lipinski definition) is 0. The van der Waals surface area contributed by atoms with Crippen LogP contribution in [0.25, 0.3) is 5.32 Å². The van der Waals surface area contributed by atoms with Gasteiger partial charge in [-0.3, -0.25) is 0 Å². The summed E-state index contributed by atoms with van der Waals surface area (Å²) in [7, 11) is 0. The Bertz CT molecular complexity index is 75.8. The zero-order chi connectivity index (χ0) is 4.57. The summed E-state index contributed by atoms with van der Waals surface area (Å²) in [5.41, 5.74) is 0. The molecule has 1 rings (SSSR count). The number of β-lactam (4-membered cyclic amide) rings is 1. The van der Waals surface area contributed by atoms with Crippen molar-refractivity contribution in [2.24, 2.45) is 0 Å². The van der Waals surface area contributed by atoms with Crippen molar-refractivity contribution < 1.29 is 27.2 Å². The molecule has 1 saturated heterocycles. The van der Waals surface area contributed by atoms with Crippen molar-refractivity contribution in [3.8, 4) is 0 Å². The molecule has 0 aromatic rings. The Hall–Kier alpha value is 0.210. The van der Waals surface area contributed by atoms with E-state index in [1.54, 1.807) is 0 Å². The van der Waals surface area contributed by atoms with Gasteiger partial charge in [0.2, 0.25) is 0 Å². The summed E-state index contributed by atoms with van der Waals surface area (Å²) in [6.45, 7) is 1.93. The van der Waals surface area contributed by atoms with Gasteiger partial charge in [-0.2, -0.15) is 0 Å². The van der Waals surface area contributed by atoms with Gasteiger partial charge in [-0.25, -0.2) is 0 Å². The molecule has 1 aliphatic rings. The van der Waals surface area contributed by atoms with E-state index in [2.05, 4.69) is 5.32 Å². The van der Waals surface area contributed by atoms with Crippen LogP contribution in [0.3, 0.4) is 0 Å². The fourth-order valence-electron chi connectivity index (χ4n) is 0.484. The molecule has 0 aromatic carbocycles. The van der Waals surface area contributed by atoms with Crippen molar-refractivity contribution in [3.63, 3.8) is 0 Å². The topological polar surface area (TPSA) is 31.2 Å². The number of rotatable bonds is 0. The molecule has 0 spiro atoms. The van der Waals surface area contributed by atoms with Crippen LogP contribution >= 0.6 is 0 Å². The average molecular weight is 265 g/mol. The summed E-state index contributed by atoms with van der Waals surface area (Å²) in [5, 5.41) is 3.58. The summed E-state index contributed by atoms with van der Waals surface area (Å²) in [6.07, 6.45) is 0.667. The van der Waals surface area contributed by atoms with Crippen LogP contribution < -0.4 is 0 Å². The van der Waals surface area contributed by atoms with E-state index in [0.717, 1.165) is 0 Å². The van der Waals surface area contributed by atoms with Crippen LogP contribution in [0.1, 0.15) is 13.3 Å². The van der Waals surface area contributed by atoms with Gasteiger partial charge in [-0.05, 0) is 6.42 Å². The van der Waals surface area contributed by atoms with Crippen molar-refractivity contribution >= 4 is 5.91 Å². The molecule has 1 radical (unpaired) electrons. The van der Waals surface area contributed by atoms with Crippen LogP contribution in [0.15, 0.2) is 0 Å². The first-order valence-corrected chi connectivity index (χ1v) is 2.03. The maximum Gasteiger partial charge on any atom is 0.0501 e. The van der Waals surface area contributed by atoms with Gasteiger partial charge in [0, 0.05) is 22.4 Å². The van der Waals surface area contributed by atoms with Crippen LogP contribution in [-0.4, -0.2) is 11.9 Å². The fraction of sp³-hybridized carbons (Fsp3) is 0.750. The molecule has 0 bridgehead atoms. The average Bonchev–Trinajstić information content (AvgIpc) is 1.33. The molecular formula is C4H6NOTa-.